The fraction of sp³-hybridized carbons (Fsp3) is 0.385. The molecule has 2 rings (SSSR count). The van der Waals surface area contributed by atoms with Crippen molar-refractivity contribution in [2.45, 2.75) is 11.3 Å². The number of halogens is 2. The minimum absolute atomic E-state index is 0.0340. The average Bonchev–Trinajstić information content (AvgIpc) is 2.38. The van der Waals surface area contributed by atoms with E-state index in [4.69, 9.17) is 33.7 Å². The zero-order valence-electron chi connectivity index (χ0n) is 11.5. The minimum atomic E-state index is -3.75. The van der Waals surface area contributed by atoms with Crippen molar-refractivity contribution in [3.05, 3.63) is 33.8 Å². The van der Waals surface area contributed by atoms with Gasteiger partial charge in [0.1, 0.15) is 4.90 Å². The molecule has 1 aromatic carbocycles. The smallest absolute Gasteiger partial charge is 0.246 e. The molecule has 0 atom stereocenters. The monoisotopic (exact) mass is 350 g/mol. The SMILES string of the molecule is COCC1=CCN(S(=O)(=O)c2c(N)cc(Cl)cc2Cl)CC1. The quantitative estimate of drug-likeness (QED) is 0.668. The number of hydrogen-bond acceptors (Lipinski definition) is 4. The van der Waals surface area contributed by atoms with Crippen molar-refractivity contribution in [2.24, 2.45) is 0 Å². The molecule has 1 heterocycles. The van der Waals surface area contributed by atoms with E-state index in [1.165, 1.54) is 16.4 Å². The Bertz CT molecular complexity index is 651. The highest BCUT2D eigenvalue weighted by atomic mass is 35.5. The maximum absolute atomic E-state index is 12.7. The highest BCUT2D eigenvalue weighted by molar-refractivity contribution is 7.89. The predicted molar refractivity (Wildman–Crippen MR) is 84.2 cm³/mol. The van der Waals surface area contributed by atoms with Crippen LogP contribution in [0.5, 0.6) is 0 Å². The van der Waals surface area contributed by atoms with Crippen LogP contribution in [0.25, 0.3) is 0 Å². The molecule has 1 aliphatic rings. The third-order valence-electron chi connectivity index (χ3n) is 3.23. The maximum atomic E-state index is 12.7. The van der Waals surface area contributed by atoms with Gasteiger partial charge in [0.25, 0.3) is 0 Å². The predicted octanol–water partition coefficient (Wildman–Crippen LogP) is 2.54. The van der Waals surface area contributed by atoms with Crippen molar-refractivity contribution in [1.82, 2.24) is 4.31 Å². The number of anilines is 1. The van der Waals surface area contributed by atoms with Crippen molar-refractivity contribution < 1.29 is 13.2 Å². The standard InChI is InChI=1S/C13H16Cl2N2O3S/c1-20-8-9-2-4-17(5-3-9)21(18,19)13-11(15)6-10(14)7-12(13)16/h2,6-7H,3-5,8,16H2,1H3. The molecule has 0 bridgehead atoms. The molecule has 21 heavy (non-hydrogen) atoms. The number of ether oxygens (including phenoxy) is 1. The second kappa shape index (κ2) is 6.54. The van der Waals surface area contributed by atoms with Crippen LogP contribution >= 0.6 is 23.2 Å². The van der Waals surface area contributed by atoms with Crippen LogP contribution in [0.4, 0.5) is 5.69 Å². The van der Waals surface area contributed by atoms with Gasteiger partial charge >= 0.3 is 0 Å². The van der Waals surface area contributed by atoms with Gasteiger partial charge in [0.05, 0.1) is 17.3 Å². The summed E-state index contributed by atoms with van der Waals surface area (Å²) in [7, 11) is -2.14. The van der Waals surface area contributed by atoms with Crippen LogP contribution in [-0.2, 0) is 14.8 Å². The Hall–Kier alpha value is -0.790. The Kier molecular flexibility index (Phi) is 5.16. The summed E-state index contributed by atoms with van der Waals surface area (Å²) >= 11 is 11.8. The van der Waals surface area contributed by atoms with Gasteiger partial charge in [-0.25, -0.2) is 8.42 Å². The van der Waals surface area contributed by atoms with E-state index >= 15 is 0 Å². The van der Waals surface area contributed by atoms with E-state index in [1.807, 2.05) is 6.08 Å². The van der Waals surface area contributed by atoms with Crippen molar-refractivity contribution in [1.29, 1.82) is 0 Å². The fourth-order valence-electron chi connectivity index (χ4n) is 2.21. The van der Waals surface area contributed by atoms with Crippen molar-refractivity contribution in [2.75, 3.05) is 32.5 Å². The lowest BCUT2D eigenvalue weighted by atomic mass is 10.1. The van der Waals surface area contributed by atoms with E-state index in [1.54, 1.807) is 7.11 Å². The second-order valence-corrected chi connectivity index (χ2v) is 7.43. The van der Waals surface area contributed by atoms with Crippen LogP contribution in [-0.4, -0.2) is 39.5 Å². The molecule has 8 heteroatoms. The summed E-state index contributed by atoms with van der Waals surface area (Å²) in [6, 6.07) is 2.76. The molecule has 0 amide bonds. The molecule has 0 unspecified atom stereocenters. The first-order valence-electron chi connectivity index (χ1n) is 6.27. The van der Waals surface area contributed by atoms with E-state index in [0.29, 0.717) is 24.6 Å². The zero-order valence-corrected chi connectivity index (χ0v) is 13.8. The van der Waals surface area contributed by atoms with Crippen molar-refractivity contribution in [3.63, 3.8) is 0 Å². The second-order valence-electron chi connectivity index (χ2n) is 4.71. The number of sulfonamides is 1. The average molecular weight is 351 g/mol. The lowest BCUT2D eigenvalue weighted by molar-refractivity contribution is 0.219. The Labute approximate surface area is 134 Å². The molecule has 0 saturated heterocycles. The van der Waals surface area contributed by atoms with Gasteiger partial charge in [-0.2, -0.15) is 4.31 Å². The number of nitrogen functional groups attached to an aromatic ring is 1. The van der Waals surface area contributed by atoms with Crippen molar-refractivity contribution >= 4 is 38.9 Å². The topological polar surface area (TPSA) is 72.6 Å². The molecule has 2 N–H and O–H groups in total. The highest BCUT2D eigenvalue weighted by Crippen LogP contribution is 2.34. The molecular formula is C13H16Cl2N2O3S. The Morgan fingerprint density at radius 1 is 1.38 bits per heavy atom. The first-order valence-corrected chi connectivity index (χ1v) is 8.47. The number of benzene rings is 1. The summed E-state index contributed by atoms with van der Waals surface area (Å²) < 4.78 is 31.7. The van der Waals surface area contributed by atoms with Gasteiger partial charge in [-0.3, -0.25) is 0 Å². The lowest BCUT2D eigenvalue weighted by Gasteiger charge is -2.26. The van der Waals surface area contributed by atoms with Gasteiger partial charge in [-0.1, -0.05) is 29.3 Å². The molecule has 0 saturated carbocycles. The summed E-state index contributed by atoms with van der Waals surface area (Å²) in [5.41, 5.74) is 6.92. The number of rotatable bonds is 4. The molecule has 0 aromatic heterocycles. The van der Waals surface area contributed by atoms with E-state index in [2.05, 4.69) is 0 Å². The Balaban J connectivity index is 2.32. The molecule has 0 aliphatic carbocycles. The first-order chi connectivity index (χ1) is 9.86. The first kappa shape index (κ1) is 16.6. The zero-order chi connectivity index (χ0) is 15.6. The highest BCUT2D eigenvalue weighted by Gasteiger charge is 2.30. The third kappa shape index (κ3) is 3.52. The summed E-state index contributed by atoms with van der Waals surface area (Å²) in [6.07, 6.45) is 2.47. The molecular weight excluding hydrogens is 335 g/mol. The molecule has 0 radical (unpaired) electrons. The van der Waals surface area contributed by atoms with Crippen LogP contribution < -0.4 is 5.73 Å². The number of nitrogens with two attached hydrogens (primary N) is 1. The van der Waals surface area contributed by atoms with Crippen LogP contribution in [0.1, 0.15) is 6.42 Å². The van der Waals surface area contributed by atoms with Gasteiger partial charge in [0.15, 0.2) is 0 Å². The number of hydrogen-bond donors (Lipinski definition) is 1. The van der Waals surface area contributed by atoms with Crippen LogP contribution in [0.2, 0.25) is 10.0 Å². The molecule has 1 aliphatic heterocycles. The Morgan fingerprint density at radius 2 is 2.10 bits per heavy atom. The molecule has 5 nitrogen and oxygen atoms in total. The van der Waals surface area contributed by atoms with Crippen LogP contribution in [0.15, 0.2) is 28.7 Å². The number of methoxy groups -OCH3 is 1. The summed E-state index contributed by atoms with van der Waals surface area (Å²) in [6.45, 7) is 1.16. The van der Waals surface area contributed by atoms with E-state index in [9.17, 15) is 8.42 Å². The van der Waals surface area contributed by atoms with Gasteiger partial charge < -0.3 is 10.5 Å². The molecule has 0 spiro atoms. The lowest BCUT2D eigenvalue weighted by Crippen LogP contribution is -2.35. The van der Waals surface area contributed by atoms with E-state index in [-0.39, 0.29) is 22.2 Å². The summed E-state index contributed by atoms with van der Waals surface area (Å²) in [5.74, 6) is 0. The van der Waals surface area contributed by atoms with E-state index in [0.717, 1.165) is 5.57 Å². The van der Waals surface area contributed by atoms with Gasteiger partial charge in [-0.05, 0) is 24.1 Å². The molecule has 1 aromatic rings. The van der Waals surface area contributed by atoms with Crippen molar-refractivity contribution in [3.8, 4) is 0 Å². The normalized spacial score (nSPS) is 16.8. The largest absolute Gasteiger partial charge is 0.398 e. The molecule has 0 fully saturated rings. The van der Waals surface area contributed by atoms with Gasteiger partial charge in [0, 0.05) is 25.2 Å². The molecule has 116 valence electrons. The van der Waals surface area contributed by atoms with Gasteiger partial charge in [-0.15, -0.1) is 0 Å². The summed E-state index contributed by atoms with van der Waals surface area (Å²) in [5, 5.41) is 0.337. The fourth-order valence-corrected chi connectivity index (χ4v) is 4.53. The minimum Gasteiger partial charge on any atom is -0.398 e. The number of nitrogens with zero attached hydrogens (tertiary/aromatic N) is 1. The maximum Gasteiger partial charge on any atom is 0.246 e. The van der Waals surface area contributed by atoms with E-state index < -0.39 is 10.0 Å². The summed E-state index contributed by atoms with van der Waals surface area (Å²) in [4.78, 5) is -0.0860. The van der Waals surface area contributed by atoms with Crippen LogP contribution in [0, 0.1) is 0 Å². The van der Waals surface area contributed by atoms with Crippen LogP contribution in [0.3, 0.4) is 0 Å². The van der Waals surface area contributed by atoms with Gasteiger partial charge in [0.2, 0.25) is 10.0 Å². The Morgan fingerprint density at radius 3 is 2.62 bits per heavy atom. The third-order valence-corrected chi connectivity index (χ3v) is 5.84.